The molecule has 0 radical (unpaired) electrons. The van der Waals surface area contributed by atoms with Gasteiger partial charge in [0.15, 0.2) is 0 Å². The van der Waals surface area contributed by atoms with Crippen LogP contribution in [0.5, 0.6) is 0 Å². The fourth-order valence-electron chi connectivity index (χ4n) is 11.1. The number of ether oxygens (including phenoxy) is 1. The summed E-state index contributed by atoms with van der Waals surface area (Å²) in [5.41, 5.74) is -1.84. The number of nitrogens with zero attached hydrogens (tertiary/aromatic N) is 5. The first-order chi connectivity index (χ1) is 41.8. The number of morpholine rings is 1. The summed E-state index contributed by atoms with van der Waals surface area (Å²) in [7, 11) is -5.89. The molecule has 0 aliphatic carbocycles. The Kier molecular flexibility index (Phi) is 21.3. The molecule has 7 N–H and O–H groups in total. The molecule has 0 bridgehead atoms. The number of nitrogens with one attached hydrogen (secondary N) is 4. The number of piperazine rings is 1. The average molecular weight is 1290 g/mol. The molecule has 5 heterocycles. The second-order valence-electron chi connectivity index (χ2n) is 25.0. The summed E-state index contributed by atoms with van der Waals surface area (Å²) < 4.78 is 47.3. The van der Waals surface area contributed by atoms with Gasteiger partial charge in [0.05, 0.1) is 52.8 Å². The van der Waals surface area contributed by atoms with Crippen molar-refractivity contribution in [1.82, 2.24) is 45.9 Å². The Bertz CT molecular complexity index is 3480. The number of aliphatic hydroxyl groups excluding tert-OH is 1. The van der Waals surface area contributed by atoms with Crippen molar-refractivity contribution in [3.05, 3.63) is 112 Å². The minimum absolute atomic E-state index is 0.00889. The van der Waals surface area contributed by atoms with Crippen molar-refractivity contribution < 1.29 is 71.3 Å². The van der Waals surface area contributed by atoms with Gasteiger partial charge in [-0.15, -0.1) is 22.7 Å². The number of aromatic nitrogens is 1. The van der Waals surface area contributed by atoms with Crippen LogP contribution >= 0.6 is 30.3 Å². The van der Waals surface area contributed by atoms with E-state index in [-0.39, 0.29) is 81.9 Å². The van der Waals surface area contributed by atoms with Gasteiger partial charge >= 0.3 is 13.3 Å². The summed E-state index contributed by atoms with van der Waals surface area (Å²) in [6.07, 6.45) is -1.45. The number of likely N-dealkylation sites (tertiary alicyclic amines) is 1. The van der Waals surface area contributed by atoms with Crippen LogP contribution in [0.2, 0.25) is 0 Å². The normalized spacial score (nSPS) is 19.5. The Morgan fingerprint density at radius 3 is 2.10 bits per heavy atom. The quantitative estimate of drug-likeness (QED) is 0.0253. The zero-order valence-electron chi connectivity index (χ0n) is 51.0. The van der Waals surface area contributed by atoms with Crippen LogP contribution < -0.4 is 21.3 Å². The number of β-amino-alcohol motifs (C(OH)–C–C–N with tert-alkyl or cyclic N) is 1. The third-order valence-corrected chi connectivity index (χ3v) is 19.3. The zero-order valence-corrected chi connectivity index (χ0v) is 53.5. The van der Waals surface area contributed by atoms with Gasteiger partial charge in [-0.05, 0) is 77.8 Å². The predicted octanol–water partition coefficient (Wildman–Crippen LogP) is 6.39. The summed E-state index contributed by atoms with van der Waals surface area (Å²) in [6.45, 7) is 14.2. The van der Waals surface area contributed by atoms with Crippen LogP contribution in [0.3, 0.4) is 0 Å². The molecule has 22 nitrogen and oxygen atoms in total. The van der Waals surface area contributed by atoms with Gasteiger partial charge in [-0.3, -0.25) is 42.9 Å². The first-order valence-corrected chi connectivity index (χ1v) is 32.8. The highest BCUT2D eigenvalue weighted by Crippen LogP contribution is 2.59. The van der Waals surface area contributed by atoms with Crippen LogP contribution in [0.4, 0.5) is 8.78 Å². The van der Waals surface area contributed by atoms with E-state index in [0.717, 1.165) is 50.7 Å². The number of carbonyl (C=O) groups is 8. The third kappa shape index (κ3) is 16.3. The fourth-order valence-corrected chi connectivity index (χ4v) is 13.4. The summed E-state index contributed by atoms with van der Waals surface area (Å²) in [5.74, 6) is -4.52. The molecule has 480 valence electrons. The molecule has 27 heteroatoms. The number of rotatable bonds is 20. The molecular formula is C62H78F2N9O13PS2. The Balaban J connectivity index is 0.860. The van der Waals surface area contributed by atoms with Crippen molar-refractivity contribution in [1.29, 1.82) is 0 Å². The number of carbonyl (C=O) groups excluding carboxylic acids is 8. The van der Waals surface area contributed by atoms with Crippen molar-refractivity contribution in [3.8, 4) is 10.4 Å². The van der Waals surface area contributed by atoms with E-state index in [2.05, 4.69) is 26.3 Å². The molecule has 8 rings (SSSR count). The number of aliphatic hydroxyl groups is 1. The average Bonchev–Trinajstić information content (AvgIpc) is 1.89. The first kappa shape index (κ1) is 67.9. The smallest absolute Gasteiger partial charge is 0.391 e. The number of hydrogen-bond donors (Lipinski definition) is 7. The lowest BCUT2D eigenvalue weighted by atomic mass is 9.85. The standard InChI is InChI=1S/C62H78F2N9O13PS2/c1-36(38-17-19-40(20-18-38)52-37(2)66-35-88-52)67-55(78)44-30-43(74)32-73(44)59(82)53(60(3,4)5)68-49(75)16-12-13-23-65-50(76)31-51(77)70-24-25-72(45(33-70)57(80)71-26-27-86-46(34-71)39-14-10-9-11-15-39)58(81)54(61(6,7)8)69-56(79)48-29-41-28-42(21-22-47(41)89-48)62(63,64)87(83,84)85/h9-11,14-15,17-22,28-29,35-36,43-46,53-54,74H,12-13,16,23-27,30-34H2,1-8H3,(H,65,76)(H,67,78)(H,68,75)(H,69,79)(H2,83,84,85)/t36-,43+,44-,45-,46-,53+,54+/m0/s1. The molecule has 3 fully saturated rings. The maximum Gasteiger partial charge on any atom is 0.399 e. The van der Waals surface area contributed by atoms with Gasteiger partial charge < -0.3 is 60.5 Å². The highest BCUT2D eigenvalue weighted by Gasteiger charge is 2.51. The van der Waals surface area contributed by atoms with Gasteiger partial charge in [0.1, 0.15) is 36.7 Å². The molecule has 0 unspecified atom stereocenters. The highest BCUT2D eigenvalue weighted by molar-refractivity contribution is 7.52. The van der Waals surface area contributed by atoms with E-state index >= 15 is 0 Å². The Hall–Kier alpha value is -7.06. The van der Waals surface area contributed by atoms with E-state index in [1.165, 1.54) is 38.2 Å². The Labute approximate surface area is 523 Å². The topological polar surface area (TPSA) is 298 Å². The zero-order chi connectivity index (χ0) is 64.9. The second-order valence-corrected chi connectivity index (χ2v) is 28.6. The molecule has 7 atom stereocenters. The first-order valence-electron chi connectivity index (χ1n) is 29.5. The lowest BCUT2D eigenvalue weighted by Gasteiger charge is -2.45. The van der Waals surface area contributed by atoms with Gasteiger partial charge in [0.25, 0.3) is 5.91 Å². The van der Waals surface area contributed by atoms with Gasteiger partial charge in [-0.2, -0.15) is 8.78 Å². The van der Waals surface area contributed by atoms with Crippen molar-refractivity contribution in [3.63, 3.8) is 0 Å². The fraction of sp³-hybridized carbons (Fsp3) is 0.500. The molecule has 3 aliphatic rings. The van der Waals surface area contributed by atoms with Crippen LogP contribution in [0.15, 0.2) is 84.4 Å². The molecule has 3 aliphatic heterocycles. The van der Waals surface area contributed by atoms with Gasteiger partial charge in [-0.25, -0.2) is 4.98 Å². The van der Waals surface area contributed by atoms with Gasteiger partial charge in [-0.1, -0.05) is 102 Å². The van der Waals surface area contributed by atoms with E-state index in [9.17, 15) is 66.6 Å². The molecule has 0 saturated carbocycles. The number of thiazole rings is 1. The molecule has 3 saturated heterocycles. The number of alkyl halides is 2. The van der Waals surface area contributed by atoms with E-state index in [0.29, 0.717) is 11.1 Å². The van der Waals surface area contributed by atoms with Crippen LogP contribution in [-0.2, 0) is 48.5 Å². The van der Waals surface area contributed by atoms with E-state index < -0.39 is 126 Å². The largest absolute Gasteiger partial charge is 0.399 e. The van der Waals surface area contributed by atoms with Crippen molar-refractivity contribution in [2.24, 2.45) is 10.8 Å². The Morgan fingerprint density at radius 2 is 1.45 bits per heavy atom. The molecule has 3 aromatic carbocycles. The minimum Gasteiger partial charge on any atom is -0.391 e. The van der Waals surface area contributed by atoms with Crippen LogP contribution in [0, 0.1) is 17.8 Å². The van der Waals surface area contributed by atoms with E-state index in [1.807, 2.05) is 68.4 Å². The predicted molar refractivity (Wildman–Crippen MR) is 330 cm³/mol. The van der Waals surface area contributed by atoms with E-state index in [1.54, 1.807) is 52.0 Å². The lowest BCUT2D eigenvalue weighted by molar-refractivity contribution is -0.158. The molecule has 5 aromatic rings. The number of aryl methyl sites for hydroxylation is 1. The SMILES string of the molecule is Cc1ncsc1-c1ccc([C@H](C)NC(=O)[C@@H]2C[C@@H](O)CN2C(=O)[C@@H](NC(=O)CCCCNC(=O)CC(=O)N2CCN(C(=O)[C@@H](NC(=O)c3cc4cc(C(F)(F)P(=O)(O)O)ccc4s3)C(C)(C)C)[C@H](C(=O)N3CCO[C@H](c4ccccc4)C3)C2)C(C)(C)C)cc1. The van der Waals surface area contributed by atoms with Gasteiger partial charge in [0, 0.05) is 55.8 Å². The van der Waals surface area contributed by atoms with Crippen LogP contribution in [-0.4, -0.2) is 169 Å². The second kappa shape index (κ2) is 28.0. The number of thiophene rings is 1. The Morgan fingerprint density at radius 1 is 0.775 bits per heavy atom. The molecule has 89 heavy (non-hydrogen) atoms. The summed E-state index contributed by atoms with van der Waals surface area (Å²) in [5, 5.41) is 22.2. The summed E-state index contributed by atoms with van der Waals surface area (Å²) in [6, 6.07) is 16.3. The maximum atomic E-state index is 14.9. The number of amides is 8. The highest BCUT2D eigenvalue weighted by atomic mass is 32.1. The molecule has 2 aromatic heterocycles. The number of benzene rings is 3. The van der Waals surface area contributed by atoms with E-state index in [4.69, 9.17) is 4.74 Å². The number of hydrogen-bond acceptors (Lipinski definition) is 14. The number of fused-ring (bicyclic) bond motifs is 1. The lowest BCUT2D eigenvalue weighted by Crippen LogP contribution is -2.66. The van der Waals surface area contributed by atoms with Crippen molar-refractivity contribution >= 4 is 87.6 Å². The van der Waals surface area contributed by atoms with Gasteiger partial charge in [0.2, 0.25) is 41.4 Å². The van der Waals surface area contributed by atoms with Crippen LogP contribution in [0.25, 0.3) is 20.5 Å². The number of halogens is 2. The van der Waals surface area contributed by atoms with Crippen LogP contribution in [0.1, 0.15) is 125 Å². The monoisotopic (exact) mass is 1290 g/mol. The number of unbranched alkanes of at least 4 members (excludes halogenated alkanes) is 1. The summed E-state index contributed by atoms with van der Waals surface area (Å²) in [4.78, 5) is 142. The third-order valence-electron chi connectivity index (χ3n) is 16.2. The summed E-state index contributed by atoms with van der Waals surface area (Å²) >= 11 is 2.45. The van der Waals surface area contributed by atoms with Crippen molar-refractivity contribution in [2.45, 2.75) is 136 Å². The van der Waals surface area contributed by atoms with Crippen molar-refractivity contribution in [2.75, 3.05) is 52.4 Å². The molecule has 8 amide bonds. The minimum atomic E-state index is -5.89. The molecular weight excluding hydrogens is 1210 g/mol. The maximum absolute atomic E-state index is 14.9. The molecule has 0 spiro atoms.